The van der Waals surface area contributed by atoms with Crippen LogP contribution in [0, 0.1) is 13.8 Å². The highest BCUT2D eigenvalue weighted by Crippen LogP contribution is 2.24. The minimum atomic E-state index is -0.0227. The van der Waals surface area contributed by atoms with Crippen molar-refractivity contribution in [2.75, 3.05) is 5.75 Å². The molecule has 0 bridgehead atoms. The molecular weight excluding hydrogens is 298 g/mol. The number of aromatic nitrogens is 2. The van der Waals surface area contributed by atoms with Gasteiger partial charge in [-0.15, -0.1) is 10.2 Å². The summed E-state index contributed by atoms with van der Waals surface area (Å²) in [7, 11) is 0. The molecule has 1 N–H and O–H groups in total. The van der Waals surface area contributed by atoms with Crippen molar-refractivity contribution in [2.45, 2.75) is 45.4 Å². The molecule has 0 radical (unpaired) electrons. The van der Waals surface area contributed by atoms with Crippen molar-refractivity contribution in [3.63, 3.8) is 0 Å². The largest absolute Gasteiger partial charge is 0.411 e. The van der Waals surface area contributed by atoms with Crippen molar-refractivity contribution < 1.29 is 9.21 Å². The summed E-state index contributed by atoms with van der Waals surface area (Å²) >= 11 is 1.25. The van der Waals surface area contributed by atoms with Crippen LogP contribution in [0.25, 0.3) is 11.5 Å². The van der Waals surface area contributed by atoms with E-state index in [0.717, 1.165) is 23.1 Å². The van der Waals surface area contributed by atoms with Gasteiger partial charge in [0.15, 0.2) is 0 Å². The van der Waals surface area contributed by atoms with E-state index in [4.69, 9.17) is 4.42 Å². The second kappa shape index (κ2) is 7.45. The Hall–Kier alpha value is -1.82. The molecule has 0 fully saturated rings. The maximum atomic E-state index is 11.7. The summed E-state index contributed by atoms with van der Waals surface area (Å²) in [6.45, 7) is 8.07. The number of carbonyl (C=O) groups excluding carboxylic acids is 1. The van der Waals surface area contributed by atoms with Crippen molar-refractivity contribution in [3.05, 3.63) is 29.3 Å². The molecule has 6 heteroatoms. The zero-order valence-corrected chi connectivity index (χ0v) is 14.2. The zero-order valence-electron chi connectivity index (χ0n) is 13.3. The van der Waals surface area contributed by atoms with Gasteiger partial charge >= 0.3 is 0 Å². The van der Waals surface area contributed by atoms with Crippen LogP contribution in [-0.4, -0.2) is 27.9 Å². The number of rotatable bonds is 6. The first-order valence-electron chi connectivity index (χ1n) is 7.32. The van der Waals surface area contributed by atoms with Crippen LogP contribution < -0.4 is 5.32 Å². The average molecular weight is 319 g/mol. The van der Waals surface area contributed by atoms with Gasteiger partial charge in [-0.1, -0.05) is 35.9 Å². The number of hydrogen-bond donors (Lipinski definition) is 1. The Morgan fingerprint density at radius 1 is 1.27 bits per heavy atom. The minimum absolute atomic E-state index is 0.0227. The van der Waals surface area contributed by atoms with E-state index in [-0.39, 0.29) is 17.7 Å². The predicted molar refractivity (Wildman–Crippen MR) is 87.8 cm³/mol. The van der Waals surface area contributed by atoms with Gasteiger partial charge in [-0.25, -0.2) is 0 Å². The highest BCUT2D eigenvalue weighted by atomic mass is 32.2. The summed E-state index contributed by atoms with van der Waals surface area (Å²) in [6, 6.07) is 6.28. The van der Waals surface area contributed by atoms with E-state index >= 15 is 0 Å². The van der Waals surface area contributed by atoms with Gasteiger partial charge in [0, 0.05) is 11.6 Å². The highest BCUT2D eigenvalue weighted by molar-refractivity contribution is 7.99. The van der Waals surface area contributed by atoms with Crippen molar-refractivity contribution in [1.82, 2.24) is 15.5 Å². The molecule has 1 atom stereocenters. The van der Waals surface area contributed by atoms with Crippen molar-refractivity contribution >= 4 is 17.7 Å². The van der Waals surface area contributed by atoms with Crippen LogP contribution >= 0.6 is 11.8 Å². The summed E-state index contributed by atoms with van der Waals surface area (Å²) < 4.78 is 5.62. The summed E-state index contributed by atoms with van der Waals surface area (Å²) in [6.07, 6.45) is 0.911. The SMILES string of the molecule is CC[C@@H](C)NC(=O)CSc1nnc(-c2cc(C)cc(C)c2)o1. The van der Waals surface area contributed by atoms with E-state index in [0.29, 0.717) is 11.1 Å². The number of carbonyl (C=O) groups is 1. The molecule has 0 aliphatic rings. The Morgan fingerprint density at radius 3 is 2.59 bits per heavy atom. The monoisotopic (exact) mass is 319 g/mol. The summed E-state index contributed by atoms with van der Waals surface area (Å²) in [5.41, 5.74) is 3.20. The van der Waals surface area contributed by atoms with Crippen molar-refractivity contribution in [1.29, 1.82) is 0 Å². The van der Waals surface area contributed by atoms with Crippen molar-refractivity contribution in [3.8, 4) is 11.5 Å². The molecule has 0 saturated heterocycles. The van der Waals surface area contributed by atoms with Gasteiger partial charge in [-0.2, -0.15) is 0 Å². The van der Waals surface area contributed by atoms with Crippen LogP contribution in [-0.2, 0) is 4.79 Å². The maximum absolute atomic E-state index is 11.7. The lowest BCUT2D eigenvalue weighted by Gasteiger charge is -2.09. The number of amides is 1. The van der Waals surface area contributed by atoms with Gasteiger partial charge in [0.25, 0.3) is 5.22 Å². The van der Waals surface area contributed by atoms with Gasteiger partial charge in [0.2, 0.25) is 11.8 Å². The molecule has 0 spiro atoms. The smallest absolute Gasteiger partial charge is 0.277 e. The molecule has 0 aliphatic heterocycles. The lowest BCUT2D eigenvalue weighted by molar-refractivity contribution is -0.119. The summed E-state index contributed by atoms with van der Waals surface area (Å²) in [4.78, 5) is 11.7. The third kappa shape index (κ3) is 4.59. The number of thioether (sulfide) groups is 1. The van der Waals surface area contributed by atoms with E-state index in [1.807, 2.05) is 39.8 Å². The molecule has 0 aliphatic carbocycles. The second-order valence-corrected chi connectivity index (χ2v) is 6.34. The topological polar surface area (TPSA) is 68.0 Å². The zero-order chi connectivity index (χ0) is 16.1. The van der Waals surface area contributed by atoms with Crippen molar-refractivity contribution in [2.24, 2.45) is 0 Å². The maximum Gasteiger partial charge on any atom is 0.277 e. The van der Waals surface area contributed by atoms with Crippen LogP contribution in [0.1, 0.15) is 31.4 Å². The highest BCUT2D eigenvalue weighted by Gasteiger charge is 2.12. The fourth-order valence-corrected chi connectivity index (χ4v) is 2.60. The van der Waals surface area contributed by atoms with Crippen LogP contribution in [0.5, 0.6) is 0 Å². The minimum Gasteiger partial charge on any atom is -0.411 e. The second-order valence-electron chi connectivity index (χ2n) is 5.41. The van der Waals surface area contributed by atoms with Gasteiger partial charge in [-0.05, 0) is 39.3 Å². The van der Waals surface area contributed by atoms with E-state index < -0.39 is 0 Å². The Morgan fingerprint density at radius 2 is 1.95 bits per heavy atom. The average Bonchev–Trinajstić information content (AvgIpc) is 2.93. The molecule has 5 nitrogen and oxygen atoms in total. The van der Waals surface area contributed by atoms with Crippen LogP contribution in [0.3, 0.4) is 0 Å². The molecule has 1 heterocycles. The van der Waals surface area contributed by atoms with E-state index in [9.17, 15) is 4.79 Å². The standard InChI is InChI=1S/C16H21N3O2S/c1-5-12(4)17-14(20)9-22-16-19-18-15(21-16)13-7-10(2)6-11(3)8-13/h6-8,12H,5,9H2,1-4H3,(H,17,20)/t12-/m1/s1. The van der Waals surface area contributed by atoms with Crippen LogP contribution in [0.4, 0.5) is 0 Å². The third-order valence-electron chi connectivity index (χ3n) is 3.22. The number of hydrogen-bond acceptors (Lipinski definition) is 5. The van der Waals surface area contributed by atoms with Gasteiger partial charge in [-0.3, -0.25) is 4.79 Å². The Kier molecular flexibility index (Phi) is 5.60. The number of nitrogens with zero attached hydrogens (tertiary/aromatic N) is 2. The van der Waals surface area contributed by atoms with Gasteiger partial charge in [0.05, 0.1) is 5.75 Å². The normalized spacial score (nSPS) is 12.2. The van der Waals surface area contributed by atoms with Crippen LogP contribution in [0.15, 0.2) is 27.8 Å². The molecule has 22 heavy (non-hydrogen) atoms. The molecule has 0 saturated carbocycles. The number of nitrogens with one attached hydrogen (secondary N) is 1. The molecule has 2 rings (SSSR count). The summed E-state index contributed by atoms with van der Waals surface area (Å²) in [5.74, 6) is 0.737. The fraction of sp³-hybridized carbons (Fsp3) is 0.438. The number of benzene rings is 1. The predicted octanol–water partition coefficient (Wildman–Crippen LogP) is 3.36. The van der Waals surface area contributed by atoms with E-state index in [1.165, 1.54) is 11.8 Å². The van der Waals surface area contributed by atoms with E-state index in [1.54, 1.807) is 0 Å². The molecule has 1 amide bonds. The van der Waals surface area contributed by atoms with Gasteiger partial charge < -0.3 is 9.73 Å². The number of aryl methyl sites for hydroxylation is 2. The van der Waals surface area contributed by atoms with E-state index in [2.05, 4.69) is 21.6 Å². The molecule has 1 aromatic heterocycles. The first-order chi connectivity index (χ1) is 10.5. The summed E-state index contributed by atoms with van der Waals surface area (Å²) in [5, 5.41) is 11.4. The molecule has 0 unspecified atom stereocenters. The lowest BCUT2D eigenvalue weighted by atomic mass is 10.1. The Labute approximate surface area is 134 Å². The third-order valence-corrected chi connectivity index (χ3v) is 4.04. The Balaban J connectivity index is 1.98. The first kappa shape index (κ1) is 16.5. The van der Waals surface area contributed by atoms with Gasteiger partial charge in [0.1, 0.15) is 0 Å². The molecular formula is C16H21N3O2S. The molecule has 1 aromatic carbocycles. The van der Waals surface area contributed by atoms with Crippen LogP contribution in [0.2, 0.25) is 0 Å². The fourth-order valence-electron chi connectivity index (χ4n) is 2.03. The quantitative estimate of drug-likeness (QED) is 0.827. The molecule has 118 valence electrons. The Bertz CT molecular complexity index is 634. The lowest BCUT2D eigenvalue weighted by Crippen LogP contribution is -2.33. The molecule has 2 aromatic rings. The first-order valence-corrected chi connectivity index (χ1v) is 8.30.